The van der Waals surface area contributed by atoms with Gasteiger partial charge in [0.25, 0.3) is 17.5 Å². The number of ketones is 2. The molecular weight excluding hydrogens is 536 g/mol. The summed E-state index contributed by atoms with van der Waals surface area (Å²) in [5.74, 6) is -4.51. The molecule has 0 aromatic heterocycles. The minimum Gasteiger partial charge on any atom is -0.505 e. The van der Waals surface area contributed by atoms with Crippen molar-refractivity contribution in [3.63, 3.8) is 0 Å². The lowest BCUT2D eigenvalue weighted by atomic mass is 9.85. The highest BCUT2D eigenvalue weighted by Crippen LogP contribution is 2.32. The number of hydrogen-bond acceptors (Lipinski definition) is 10. The van der Waals surface area contributed by atoms with Gasteiger partial charge in [-0.15, -0.1) is 0 Å². The molecule has 6 atom stereocenters. The quantitative estimate of drug-likeness (QED) is 0.220. The summed E-state index contributed by atoms with van der Waals surface area (Å²) >= 11 is 0. The smallest absolute Gasteiger partial charge is 0.405 e. The number of ether oxygens (including phenoxy) is 4. The van der Waals surface area contributed by atoms with Crippen LogP contribution in [-0.4, -0.2) is 79.5 Å². The molecule has 0 unspecified atom stereocenters. The first-order valence-corrected chi connectivity index (χ1v) is 13.1. The maximum absolute atomic E-state index is 12.9. The second-order valence-electron chi connectivity index (χ2n) is 10.2. The first-order valence-electron chi connectivity index (χ1n) is 13.1. The van der Waals surface area contributed by atoms with Crippen molar-refractivity contribution in [3.8, 4) is 0 Å². The number of rotatable bonds is 4. The molecule has 5 N–H and O–H groups in total. The molecule has 41 heavy (non-hydrogen) atoms. The molecular formula is C29H40N2O10. The van der Waals surface area contributed by atoms with E-state index in [0.717, 1.165) is 0 Å². The summed E-state index contributed by atoms with van der Waals surface area (Å²) in [6.07, 6.45) is 2.06. The molecule has 0 spiro atoms. The fourth-order valence-corrected chi connectivity index (χ4v) is 4.84. The first-order chi connectivity index (χ1) is 19.3. The normalized spacial score (nSPS) is 32.4. The van der Waals surface area contributed by atoms with Crippen molar-refractivity contribution in [2.75, 3.05) is 21.3 Å². The van der Waals surface area contributed by atoms with E-state index in [1.807, 2.05) is 6.92 Å². The average Bonchev–Trinajstić information content (AvgIpc) is 2.92. The third-order valence-corrected chi connectivity index (χ3v) is 7.08. The van der Waals surface area contributed by atoms with Crippen LogP contribution in [0.25, 0.3) is 0 Å². The van der Waals surface area contributed by atoms with Gasteiger partial charge >= 0.3 is 6.09 Å². The summed E-state index contributed by atoms with van der Waals surface area (Å²) in [6, 6.07) is 0. The fourth-order valence-electron chi connectivity index (χ4n) is 4.84. The maximum Gasteiger partial charge on any atom is 0.405 e. The molecule has 0 fully saturated rings. The van der Waals surface area contributed by atoms with Crippen LogP contribution in [-0.2, 0) is 33.3 Å². The summed E-state index contributed by atoms with van der Waals surface area (Å²) in [5.41, 5.74) is 5.50. The number of Topliss-reactive ketones (excluding diaryl/α,β-unsaturated/α-hetero) is 2. The van der Waals surface area contributed by atoms with Crippen LogP contribution >= 0.6 is 0 Å². The molecule has 0 saturated heterocycles. The molecule has 12 nitrogen and oxygen atoms in total. The van der Waals surface area contributed by atoms with Gasteiger partial charge in [0.1, 0.15) is 17.6 Å². The molecule has 1 heterocycles. The summed E-state index contributed by atoms with van der Waals surface area (Å²) in [6.45, 7) is 6.76. The molecule has 2 aliphatic rings. The van der Waals surface area contributed by atoms with Gasteiger partial charge < -0.3 is 40.2 Å². The van der Waals surface area contributed by atoms with E-state index < -0.39 is 65.4 Å². The Labute approximate surface area is 239 Å². The molecule has 12 heteroatoms. The molecule has 1 aliphatic carbocycles. The van der Waals surface area contributed by atoms with Crippen LogP contribution in [0.4, 0.5) is 4.79 Å². The maximum atomic E-state index is 12.9. The second-order valence-corrected chi connectivity index (χ2v) is 10.2. The van der Waals surface area contributed by atoms with E-state index in [9.17, 15) is 29.4 Å². The second kappa shape index (κ2) is 14.8. The zero-order valence-electron chi connectivity index (χ0n) is 24.4. The van der Waals surface area contributed by atoms with Crippen LogP contribution in [0.1, 0.15) is 40.5 Å². The Morgan fingerprint density at radius 1 is 1.07 bits per heavy atom. The number of carbonyl (C=O) groups excluding carboxylic acids is 4. The summed E-state index contributed by atoms with van der Waals surface area (Å²) < 4.78 is 21.6. The molecule has 2 amide bonds. The van der Waals surface area contributed by atoms with E-state index in [0.29, 0.717) is 12.0 Å². The van der Waals surface area contributed by atoms with Crippen LogP contribution in [0.15, 0.2) is 58.2 Å². The topological polar surface area (TPSA) is 184 Å². The predicted molar refractivity (Wildman–Crippen MR) is 148 cm³/mol. The number of methoxy groups -OCH3 is 3. The van der Waals surface area contributed by atoms with Gasteiger partial charge in [0.2, 0.25) is 0 Å². The zero-order valence-corrected chi connectivity index (χ0v) is 24.4. The Kier molecular flexibility index (Phi) is 12.1. The van der Waals surface area contributed by atoms with E-state index >= 15 is 0 Å². The number of nitrogens with two attached hydrogens (primary N) is 1. The highest BCUT2D eigenvalue weighted by atomic mass is 16.6. The summed E-state index contributed by atoms with van der Waals surface area (Å²) in [4.78, 5) is 50.2. The van der Waals surface area contributed by atoms with Gasteiger partial charge in [-0.25, -0.2) is 4.79 Å². The monoisotopic (exact) mass is 576 g/mol. The predicted octanol–water partition coefficient (Wildman–Crippen LogP) is 2.29. The Morgan fingerprint density at radius 3 is 2.29 bits per heavy atom. The number of amides is 2. The lowest BCUT2D eigenvalue weighted by Gasteiger charge is -2.30. The number of aliphatic hydroxyl groups is 2. The van der Waals surface area contributed by atoms with Crippen molar-refractivity contribution >= 4 is 23.6 Å². The number of carbonyl (C=O) groups is 4. The number of aliphatic hydroxyl groups excluding tert-OH is 2. The highest BCUT2D eigenvalue weighted by Gasteiger charge is 2.38. The molecule has 1 aliphatic heterocycles. The van der Waals surface area contributed by atoms with Gasteiger partial charge in [-0.1, -0.05) is 38.2 Å². The van der Waals surface area contributed by atoms with Gasteiger partial charge in [-0.2, -0.15) is 0 Å². The number of nitrogens with one attached hydrogen (secondary N) is 1. The van der Waals surface area contributed by atoms with Crippen molar-refractivity contribution in [3.05, 3.63) is 58.2 Å². The largest absolute Gasteiger partial charge is 0.505 e. The first kappa shape index (κ1) is 33.5. The Hall–Kier alpha value is -3.74. The van der Waals surface area contributed by atoms with Gasteiger partial charge in [-0.05, 0) is 38.2 Å². The molecule has 2 rings (SSSR count). The molecule has 0 aromatic rings. The molecule has 2 bridgehead atoms. The molecule has 0 saturated carbocycles. The summed E-state index contributed by atoms with van der Waals surface area (Å²) in [5, 5.41) is 24.5. The number of hydrogen-bond donors (Lipinski definition) is 4. The highest BCUT2D eigenvalue weighted by molar-refractivity contribution is 6.50. The third-order valence-electron chi connectivity index (χ3n) is 7.08. The lowest BCUT2D eigenvalue weighted by molar-refractivity contribution is -0.135. The van der Waals surface area contributed by atoms with Crippen molar-refractivity contribution in [2.24, 2.45) is 17.6 Å². The van der Waals surface area contributed by atoms with Gasteiger partial charge in [-0.3, -0.25) is 14.4 Å². The van der Waals surface area contributed by atoms with Gasteiger partial charge in [0.15, 0.2) is 11.9 Å². The SMILES string of the molecule is COC1=C2C[C@H](C)C[C@H](OC)[C@H](O)[C@H](C)/C=C(/C)[C@@H](OC(N)=O)[C@@H](OC)/C=C/C=C(\C)C(=O)NC(=C2O)C(=O)C1=O. The minimum atomic E-state index is -1.12. The van der Waals surface area contributed by atoms with Gasteiger partial charge in [0, 0.05) is 31.3 Å². The van der Waals surface area contributed by atoms with E-state index in [1.54, 1.807) is 19.9 Å². The Balaban J connectivity index is 2.67. The lowest BCUT2D eigenvalue weighted by Crippen LogP contribution is -2.38. The zero-order chi connectivity index (χ0) is 31.0. The Morgan fingerprint density at radius 2 is 1.73 bits per heavy atom. The van der Waals surface area contributed by atoms with Crippen LogP contribution in [0.3, 0.4) is 0 Å². The van der Waals surface area contributed by atoms with Crippen LogP contribution in [0.5, 0.6) is 0 Å². The fraction of sp³-hybridized carbons (Fsp3) is 0.517. The number of primary amides is 1. The van der Waals surface area contributed by atoms with Crippen molar-refractivity contribution in [2.45, 2.75) is 65.0 Å². The van der Waals surface area contributed by atoms with Crippen molar-refractivity contribution < 1.29 is 48.3 Å². The van der Waals surface area contributed by atoms with E-state index in [1.165, 1.54) is 46.5 Å². The minimum absolute atomic E-state index is 0.0573. The van der Waals surface area contributed by atoms with Crippen LogP contribution in [0.2, 0.25) is 0 Å². The van der Waals surface area contributed by atoms with Crippen molar-refractivity contribution in [1.29, 1.82) is 0 Å². The number of fused-ring (bicyclic) bond motifs is 1. The third kappa shape index (κ3) is 8.15. The summed E-state index contributed by atoms with van der Waals surface area (Å²) in [7, 11) is 4.07. The molecule has 226 valence electrons. The Bertz CT molecular complexity index is 1200. The van der Waals surface area contributed by atoms with Crippen molar-refractivity contribution in [1.82, 2.24) is 5.32 Å². The van der Waals surface area contributed by atoms with E-state index in [2.05, 4.69) is 5.32 Å². The number of allylic oxidation sites excluding steroid dienone is 5. The van der Waals surface area contributed by atoms with E-state index in [4.69, 9.17) is 24.7 Å². The molecule has 0 aromatic carbocycles. The van der Waals surface area contributed by atoms with E-state index in [-0.39, 0.29) is 29.2 Å². The van der Waals surface area contributed by atoms with Crippen LogP contribution in [0, 0.1) is 11.8 Å². The van der Waals surface area contributed by atoms with Crippen LogP contribution < -0.4 is 11.1 Å². The average molecular weight is 577 g/mol. The van der Waals surface area contributed by atoms with Gasteiger partial charge in [0.05, 0.1) is 19.3 Å². The molecule has 0 radical (unpaired) electrons. The standard InChI is InChI=1S/C29H40N2O10/c1-14-11-18-23(33)21(24(34)25(35)27(18)40-7)31-28(36)15(2)9-8-10-19(38-5)26(41-29(30)37)17(4)13-16(3)22(32)20(12-14)39-6/h8-10,13-14,16,19-20,22,26,32-33H,11-12H2,1-7H3,(H2,30,37)(H,31,36)/b10-8+,15-9+,17-13-/t14-,16+,19-,20-,22+,26+/m0/s1.